The third kappa shape index (κ3) is 3.30. The molecule has 0 aliphatic rings. The summed E-state index contributed by atoms with van der Waals surface area (Å²) in [4.78, 5) is 3.94. The maximum absolute atomic E-state index is 12.2. The highest BCUT2D eigenvalue weighted by molar-refractivity contribution is 7.89. The van der Waals surface area contributed by atoms with Crippen LogP contribution in [0.25, 0.3) is 0 Å². The summed E-state index contributed by atoms with van der Waals surface area (Å²) < 4.78 is 26.9. The number of benzene rings is 1. The van der Waals surface area contributed by atoms with Crippen LogP contribution in [-0.2, 0) is 16.6 Å². The number of pyridine rings is 1. The molecule has 2 rings (SSSR count). The molecule has 1 N–H and O–H groups in total. The Bertz CT molecular complexity index is 719. The summed E-state index contributed by atoms with van der Waals surface area (Å²) >= 11 is 11.9. The Labute approximate surface area is 127 Å². The van der Waals surface area contributed by atoms with Crippen molar-refractivity contribution in [2.45, 2.75) is 18.4 Å². The zero-order valence-corrected chi connectivity index (χ0v) is 12.9. The van der Waals surface area contributed by atoms with Gasteiger partial charge >= 0.3 is 0 Å². The molecule has 0 bridgehead atoms. The Balaban J connectivity index is 2.25. The highest BCUT2D eigenvalue weighted by Gasteiger charge is 2.19. The third-order valence-corrected chi connectivity index (χ3v) is 5.22. The second kappa shape index (κ2) is 6.10. The quantitative estimate of drug-likeness (QED) is 0.936. The highest BCUT2D eigenvalue weighted by Crippen LogP contribution is 2.30. The van der Waals surface area contributed by atoms with Crippen LogP contribution in [0.5, 0.6) is 0 Å². The van der Waals surface area contributed by atoms with Crippen LogP contribution in [-0.4, -0.2) is 13.4 Å². The standard InChI is InChI=1S/C13H12Cl2N2O2S/c1-9-11(14)4-5-12(13(9)15)20(18,19)17-8-10-3-2-6-16-7-10/h2-7,17H,8H2,1H3. The van der Waals surface area contributed by atoms with Gasteiger partial charge in [-0.05, 0) is 36.2 Å². The summed E-state index contributed by atoms with van der Waals surface area (Å²) in [6, 6.07) is 6.43. The van der Waals surface area contributed by atoms with Gasteiger partial charge in [0.05, 0.1) is 5.02 Å². The number of aromatic nitrogens is 1. The molecule has 20 heavy (non-hydrogen) atoms. The maximum atomic E-state index is 12.2. The minimum Gasteiger partial charge on any atom is -0.264 e. The van der Waals surface area contributed by atoms with Crippen molar-refractivity contribution in [3.05, 3.63) is 57.8 Å². The molecule has 1 heterocycles. The van der Waals surface area contributed by atoms with Crippen LogP contribution in [0.15, 0.2) is 41.6 Å². The molecule has 0 fully saturated rings. The van der Waals surface area contributed by atoms with E-state index in [0.29, 0.717) is 10.6 Å². The summed E-state index contributed by atoms with van der Waals surface area (Å²) in [5.74, 6) is 0. The van der Waals surface area contributed by atoms with E-state index in [4.69, 9.17) is 23.2 Å². The molecule has 0 spiro atoms. The number of halogens is 2. The molecule has 0 unspecified atom stereocenters. The lowest BCUT2D eigenvalue weighted by molar-refractivity contribution is 0.581. The average molecular weight is 331 g/mol. The van der Waals surface area contributed by atoms with Gasteiger partial charge in [-0.3, -0.25) is 4.98 Å². The van der Waals surface area contributed by atoms with E-state index in [2.05, 4.69) is 9.71 Å². The molecule has 0 atom stereocenters. The Morgan fingerprint density at radius 3 is 2.65 bits per heavy atom. The van der Waals surface area contributed by atoms with Crippen molar-refractivity contribution in [1.82, 2.24) is 9.71 Å². The fourth-order valence-electron chi connectivity index (χ4n) is 1.60. The number of rotatable bonds is 4. The minimum absolute atomic E-state index is 0.0185. The van der Waals surface area contributed by atoms with Crippen molar-refractivity contribution < 1.29 is 8.42 Å². The topological polar surface area (TPSA) is 59.1 Å². The van der Waals surface area contributed by atoms with Crippen LogP contribution in [0.4, 0.5) is 0 Å². The maximum Gasteiger partial charge on any atom is 0.242 e. The van der Waals surface area contributed by atoms with Crippen molar-refractivity contribution in [2.24, 2.45) is 0 Å². The van der Waals surface area contributed by atoms with E-state index in [-0.39, 0.29) is 16.5 Å². The summed E-state index contributed by atoms with van der Waals surface area (Å²) in [5.41, 5.74) is 1.30. The molecular weight excluding hydrogens is 319 g/mol. The number of nitrogens with zero attached hydrogens (tertiary/aromatic N) is 1. The van der Waals surface area contributed by atoms with Gasteiger partial charge in [0.15, 0.2) is 0 Å². The molecule has 0 amide bonds. The Hall–Kier alpha value is -1.14. The van der Waals surface area contributed by atoms with Crippen molar-refractivity contribution in [3.8, 4) is 0 Å². The van der Waals surface area contributed by atoms with Gasteiger partial charge in [0.2, 0.25) is 10.0 Å². The first-order valence-corrected chi connectivity index (χ1v) is 7.99. The zero-order chi connectivity index (χ0) is 14.8. The van der Waals surface area contributed by atoms with Crippen LogP contribution >= 0.6 is 23.2 Å². The van der Waals surface area contributed by atoms with Gasteiger partial charge in [0.1, 0.15) is 4.90 Å². The van der Waals surface area contributed by atoms with Gasteiger partial charge in [-0.1, -0.05) is 29.3 Å². The molecular formula is C13H12Cl2N2O2S. The van der Waals surface area contributed by atoms with Crippen molar-refractivity contribution in [3.63, 3.8) is 0 Å². The van der Waals surface area contributed by atoms with Crippen LogP contribution < -0.4 is 4.72 Å². The van der Waals surface area contributed by atoms with Gasteiger partial charge in [0, 0.05) is 24.0 Å². The molecule has 0 saturated carbocycles. The summed E-state index contributed by atoms with van der Waals surface area (Å²) in [5, 5.41) is 0.567. The van der Waals surface area contributed by atoms with Crippen LogP contribution in [0.3, 0.4) is 0 Å². The minimum atomic E-state index is -3.70. The molecule has 0 radical (unpaired) electrons. The first-order valence-electron chi connectivity index (χ1n) is 5.75. The summed E-state index contributed by atoms with van der Waals surface area (Å²) in [6.45, 7) is 1.82. The lowest BCUT2D eigenvalue weighted by Crippen LogP contribution is -2.23. The number of hydrogen-bond acceptors (Lipinski definition) is 3. The first kappa shape index (κ1) is 15.3. The molecule has 1 aromatic heterocycles. The van der Waals surface area contributed by atoms with E-state index >= 15 is 0 Å². The fraction of sp³-hybridized carbons (Fsp3) is 0.154. The Kier molecular flexibility index (Phi) is 4.65. The molecule has 0 saturated heterocycles. The largest absolute Gasteiger partial charge is 0.264 e. The zero-order valence-electron chi connectivity index (χ0n) is 10.6. The second-order valence-corrected chi connectivity index (χ2v) is 6.69. The van der Waals surface area contributed by atoms with E-state index in [9.17, 15) is 8.42 Å². The van der Waals surface area contributed by atoms with Crippen LogP contribution in [0, 0.1) is 6.92 Å². The number of sulfonamides is 1. The van der Waals surface area contributed by atoms with E-state index in [1.165, 1.54) is 12.1 Å². The van der Waals surface area contributed by atoms with Gasteiger partial charge in [0.25, 0.3) is 0 Å². The molecule has 106 valence electrons. The van der Waals surface area contributed by atoms with Crippen LogP contribution in [0.2, 0.25) is 10.0 Å². The fourth-order valence-corrected chi connectivity index (χ4v) is 3.43. The van der Waals surface area contributed by atoms with Gasteiger partial charge in [-0.2, -0.15) is 0 Å². The predicted molar refractivity (Wildman–Crippen MR) is 79.5 cm³/mol. The highest BCUT2D eigenvalue weighted by atomic mass is 35.5. The van der Waals surface area contributed by atoms with E-state index in [1.807, 2.05) is 0 Å². The van der Waals surface area contributed by atoms with Gasteiger partial charge < -0.3 is 0 Å². The Morgan fingerprint density at radius 2 is 2.00 bits per heavy atom. The van der Waals surface area contributed by atoms with Gasteiger partial charge in [-0.15, -0.1) is 0 Å². The lowest BCUT2D eigenvalue weighted by atomic mass is 10.2. The number of nitrogens with one attached hydrogen (secondary N) is 1. The molecule has 4 nitrogen and oxygen atoms in total. The average Bonchev–Trinajstić information content (AvgIpc) is 2.44. The molecule has 0 aliphatic carbocycles. The smallest absolute Gasteiger partial charge is 0.242 e. The van der Waals surface area contributed by atoms with E-state index in [0.717, 1.165) is 5.56 Å². The van der Waals surface area contributed by atoms with Crippen molar-refractivity contribution >= 4 is 33.2 Å². The first-order chi connectivity index (χ1) is 9.42. The van der Waals surface area contributed by atoms with E-state index < -0.39 is 10.0 Å². The van der Waals surface area contributed by atoms with Crippen LogP contribution in [0.1, 0.15) is 11.1 Å². The van der Waals surface area contributed by atoms with E-state index in [1.54, 1.807) is 31.5 Å². The lowest BCUT2D eigenvalue weighted by Gasteiger charge is -2.10. The summed E-state index contributed by atoms with van der Waals surface area (Å²) in [7, 11) is -3.70. The van der Waals surface area contributed by atoms with Crippen molar-refractivity contribution in [2.75, 3.05) is 0 Å². The Morgan fingerprint density at radius 1 is 1.25 bits per heavy atom. The molecule has 0 aliphatic heterocycles. The second-order valence-electron chi connectivity index (χ2n) is 4.17. The van der Waals surface area contributed by atoms with Crippen molar-refractivity contribution in [1.29, 1.82) is 0 Å². The molecule has 7 heteroatoms. The number of hydrogen-bond donors (Lipinski definition) is 1. The normalized spacial score (nSPS) is 11.6. The molecule has 1 aromatic carbocycles. The monoisotopic (exact) mass is 330 g/mol. The molecule has 2 aromatic rings. The van der Waals surface area contributed by atoms with Gasteiger partial charge in [-0.25, -0.2) is 13.1 Å². The summed E-state index contributed by atoms with van der Waals surface area (Å²) in [6.07, 6.45) is 3.22. The SMILES string of the molecule is Cc1c(Cl)ccc(S(=O)(=O)NCc2cccnc2)c1Cl. The third-order valence-electron chi connectivity index (χ3n) is 2.76. The predicted octanol–water partition coefficient (Wildman–Crippen LogP) is 3.18.